The van der Waals surface area contributed by atoms with E-state index in [1.807, 2.05) is 0 Å². The maximum absolute atomic E-state index is 12.3. The van der Waals surface area contributed by atoms with Crippen LogP contribution in [0, 0.1) is 0 Å². The summed E-state index contributed by atoms with van der Waals surface area (Å²) >= 11 is 0. The van der Waals surface area contributed by atoms with Crippen LogP contribution >= 0.6 is 0 Å². The Kier molecular flexibility index (Phi) is 3.30. The number of rotatable bonds is 2. The van der Waals surface area contributed by atoms with Gasteiger partial charge < -0.3 is 29.9 Å². The Bertz CT molecular complexity index is 1050. The first-order valence-electron chi connectivity index (χ1n) is 6.57. The van der Waals surface area contributed by atoms with Gasteiger partial charge in [-0.3, -0.25) is 9.59 Å². The van der Waals surface area contributed by atoms with Crippen molar-refractivity contribution in [2.75, 3.05) is 0 Å². The lowest BCUT2D eigenvalue weighted by Crippen LogP contribution is -2.04. The third-order valence-electron chi connectivity index (χ3n) is 3.51. The molecule has 0 saturated heterocycles. The molecule has 1 heterocycles. The molecular formula is C16H10O8. The van der Waals surface area contributed by atoms with E-state index in [4.69, 9.17) is 4.42 Å². The van der Waals surface area contributed by atoms with Gasteiger partial charge >= 0.3 is 0 Å². The second-order valence-electron chi connectivity index (χ2n) is 4.96. The second-order valence-corrected chi connectivity index (χ2v) is 4.96. The zero-order valence-corrected chi connectivity index (χ0v) is 11.8. The molecule has 0 bridgehead atoms. The summed E-state index contributed by atoms with van der Waals surface area (Å²) in [6, 6.07) is 4.40. The summed E-state index contributed by atoms with van der Waals surface area (Å²) in [6.07, 6.45) is 0.159. The van der Waals surface area contributed by atoms with Gasteiger partial charge in [-0.15, -0.1) is 0 Å². The van der Waals surface area contributed by atoms with Crippen LogP contribution in [0.25, 0.3) is 22.3 Å². The van der Waals surface area contributed by atoms with Gasteiger partial charge in [-0.2, -0.15) is 0 Å². The van der Waals surface area contributed by atoms with E-state index < -0.39 is 45.1 Å². The first-order valence-corrected chi connectivity index (χ1v) is 6.57. The lowest BCUT2D eigenvalue weighted by atomic mass is 10.1. The predicted octanol–water partition coefficient (Wildman–Crippen LogP) is 1.80. The van der Waals surface area contributed by atoms with Crippen molar-refractivity contribution >= 4 is 17.3 Å². The van der Waals surface area contributed by atoms with E-state index in [0.717, 1.165) is 18.2 Å². The number of phenols is 4. The van der Waals surface area contributed by atoms with Crippen molar-refractivity contribution in [3.8, 4) is 40.1 Å². The quantitative estimate of drug-likeness (QED) is 0.353. The summed E-state index contributed by atoms with van der Waals surface area (Å²) in [5.41, 5.74) is -1.75. The fraction of sp³-hybridized carbons (Fsp3) is 0. The van der Waals surface area contributed by atoms with Crippen LogP contribution in [0.15, 0.2) is 33.5 Å². The van der Waals surface area contributed by atoms with Crippen LogP contribution in [0.4, 0.5) is 0 Å². The van der Waals surface area contributed by atoms with Crippen LogP contribution in [-0.2, 0) is 0 Å². The molecule has 8 nitrogen and oxygen atoms in total. The highest BCUT2D eigenvalue weighted by Crippen LogP contribution is 2.39. The van der Waals surface area contributed by atoms with Gasteiger partial charge in [0.1, 0.15) is 22.5 Å². The van der Waals surface area contributed by atoms with E-state index >= 15 is 0 Å². The Morgan fingerprint density at radius 1 is 0.875 bits per heavy atom. The van der Waals surface area contributed by atoms with E-state index in [9.17, 15) is 35.1 Å². The summed E-state index contributed by atoms with van der Waals surface area (Å²) in [6.45, 7) is 0. The van der Waals surface area contributed by atoms with Crippen molar-refractivity contribution in [1.82, 2.24) is 0 Å². The SMILES string of the molecule is O=Cc1c(O)cc2oc(-c3ccc(O)c(O)c3)c(O)c(=O)c2c1O. The molecule has 0 aliphatic rings. The first-order chi connectivity index (χ1) is 11.3. The number of hydrogen-bond donors (Lipinski definition) is 5. The van der Waals surface area contributed by atoms with Gasteiger partial charge in [0, 0.05) is 11.6 Å². The molecule has 0 amide bonds. The summed E-state index contributed by atoms with van der Waals surface area (Å²) in [4.78, 5) is 23.2. The maximum atomic E-state index is 12.3. The van der Waals surface area contributed by atoms with Crippen LogP contribution < -0.4 is 5.43 Å². The van der Waals surface area contributed by atoms with E-state index in [-0.39, 0.29) is 23.2 Å². The van der Waals surface area contributed by atoms with E-state index in [2.05, 4.69) is 0 Å². The van der Waals surface area contributed by atoms with Gasteiger partial charge in [0.2, 0.25) is 11.2 Å². The summed E-state index contributed by atoms with van der Waals surface area (Å²) in [5, 5.41) is 48.1. The van der Waals surface area contributed by atoms with Gasteiger partial charge in [0.25, 0.3) is 0 Å². The van der Waals surface area contributed by atoms with Gasteiger partial charge in [-0.25, -0.2) is 0 Å². The number of hydrogen-bond acceptors (Lipinski definition) is 8. The molecular weight excluding hydrogens is 320 g/mol. The number of fused-ring (bicyclic) bond motifs is 1. The van der Waals surface area contributed by atoms with Gasteiger partial charge in [-0.1, -0.05) is 0 Å². The molecule has 2 aromatic carbocycles. The second kappa shape index (κ2) is 5.20. The van der Waals surface area contributed by atoms with Crippen molar-refractivity contribution in [2.45, 2.75) is 0 Å². The Balaban J connectivity index is 2.40. The standard InChI is InChI=1S/C16H10O8/c17-5-7-9(19)4-11-12(13(7)21)14(22)15(23)16(24-11)6-1-2-8(18)10(20)3-6/h1-5,18-21,23H. The average Bonchev–Trinajstić information content (AvgIpc) is 2.53. The smallest absolute Gasteiger partial charge is 0.238 e. The highest BCUT2D eigenvalue weighted by molar-refractivity contribution is 5.97. The minimum atomic E-state index is -1.03. The third kappa shape index (κ3) is 2.09. The fourth-order valence-electron chi connectivity index (χ4n) is 2.30. The van der Waals surface area contributed by atoms with Gasteiger partial charge in [-0.05, 0) is 18.2 Å². The zero-order chi connectivity index (χ0) is 17.6. The van der Waals surface area contributed by atoms with Gasteiger partial charge in [0.05, 0.1) is 5.56 Å². The van der Waals surface area contributed by atoms with E-state index in [1.165, 1.54) is 6.07 Å². The predicted molar refractivity (Wildman–Crippen MR) is 81.6 cm³/mol. The summed E-state index contributed by atoms with van der Waals surface area (Å²) in [7, 11) is 0. The first kappa shape index (κ1) is 15.2. The minimum absolute atomic E-state index is 0.0697. The number of carbonyl (C=O) groups excluding carboxylic acids is 1. The number of aromatic hydroxyl groups is 5. The molecule has 0 unspecified atom stereocenters. The van der Waals surface area contributed by atoms with Crippen molar-refractivity contribution in [3.05, 3.63) is 40.1 Å². The number of carbonyl (C=O) groups is 1. The topological polar surface area (TPSA) is 148 Å². The zero-order valence-electron chi connectivity index (χ0n) is 11.8. The van der Waals surface area contributed by atoms with Crippen LogP contribution in [0.1, 0.15) is 10.4 Å². The molecule has 8 heteroatoms. The Hall–Kier alpha value is -3.68. The van der Waals surface area contributed by atoms with E-state index in [0.29, 0.717) is 0 Å². The molecule has 0 saturated carbocycles. The molecule has 5 N–H and O–H groups in total. The Labute approximate surface area is 133 Å². The van der Waals surface area contributed by atoms with Crippen molar-refractivity contribution in [2.24, 2.45) is 0 Å². The molecule has 3 aromatic rings. The molecule has 0 fully saturated rings. The molecule has 3 rings (SSSR count). The molecule has 0 radical (unpaired) electrons. The van der Waals surface area contributed by atoms with Gasteiger partial charge in [0.15, 0.2) is 23.5 Å². The molecule has 1 aromatic heterocycles. The molecule has 122 valence electrons. The fourth-order valence-corrected chi connectivity index (χ4v) is 2.30. The highest BCUT2D eigenvalue weighted by Gasteiger charge is 2.22. The van der Waals surface area contributed by atoms with Crippen LogP contribution in [0.5, 0.6) is 28.7 Å². The number of benzene rings is 2. The lowest BCUT2D eigenvalue weighted by molar-refractivity contribution is 0.111. The third-order valence-corrected chi connectivity index (χ3v) is 3.51. The largest absolute Gasteiger partial charge is 0.507 e. The monoisotopic (exact) mass is 330 g/mol. The molecule has 0 spiro atoms. The van der Waals surface area contributed by atoms with Crippen molar-refractivity contribution in [1.29, 1.82) is 0 Å². The summed E-state index contributed by atoms with van der Waals surface area (Å²) < 4.78 is 5.34. The van der Waals surface area contributed by atoms with Crippen LogP contribution in [-0.4, -0.2) is 31.8 Å². The number of aldehydes is 1. The minimum Gasteiger partial charge on any atom is -0.507 e. The molecule has 0 atom stereocenters. The van der Waals surface area contributed by atoms with Crippen molar-refractivity contribution < 1.29 is 34.7 Å². The Morgan fingerprint density at radius 2 is 1.58 bits per heavy atom. The number of phenolic OH excluding ortho intramolecular Hbond substituents is 4. The maximum Gasteiger partial charge on any atom is 0.238 e. The summed E-state index contributed by atoms with van der Waals surface area (Å²) in [5.74, 6) is -3.55. The lowest BCUT2D eigenvalue weighted by Gasteiger charge is -2.09. The Morgan fingerprint density at radius 3 is 2.21 bits per heavy atom. The highest BCUT2D eigenvalue weighted by atomic mass is 16.4. The molecule has 24 heavy (non-hydrogen) atoms. The molecule has 0 aliphatic carbocycles. The normalized spacial score (nSPS) is 10.8. The average molecular weight is 330 g/mol. The van der Waals surface area contributed by atoms with Crippen LogP contribution in [0.3, 0.4) is 0 Å². The van der Waals surface area contributed by atoms with E-state index in [1.54, 1.807) is 0 Å². The van der Waals surface area contributed by atoms with Crippen molar-refractivity contribution in [3.63, 3.8) is 0 Å². The molecule has 0 aliphatic heterocycles. The van der Waals surface area contributed by atoms with Crippen LogP contribution in [0.2, 0.25) is 0 Å².